The average Bonchev–Trinajstić information content (AvgIpc) is 3.26. The minimum Gasteiger partial charge on any atom is -0.493 e. The van der Waals surface area contributed by atoms with Crippen molar-refractivity contribution in [2.45, 2.75) is 19.3 Å². The van der Waals surface area contributed by atoms with Crippen LogP contribution in [0, 0.1) is 0 Å². The van der Waals surface area contributed by atoms with Crippen LogP contribution in [0.3, 0.4) is 0 Å². The number of para-hydroxylation sites is 1. The van der Waals surface area contributed by atoms with Crippen molar-refractivity contribution >= 4 is 29.2 Å². The van der Waals surface area contributed by atoms with Gasteiger partial charge < -0.3 is 19.2 Å². The molecule has 1 saturated heterocycles. The number of aromatic nitrogens is 2. The Balaban J connectivity index is 1.44. The van der Waals surface area contributed by atoms with Gasteiger partial charge in [-0.2, -0.15) is 0 Å². The molecule has 0 bridgehead atoms. The van der Waals surface area contributed by atoms with Crippen molar-refractivity contribution in [2.75, 3.05) is 40.5 Å². The first-order chi connectivity index (χ1) is 15.7. The average molecular weight is 436 g/mol. The lowest BCUT2D eigenvalue weighted by atomic mass is 10.1. The minimum absolute atomic E-state index is 0.404. The maximum Gasteiger partial charge on any atom is 0.340 e. The number of benzene rings is 2. The summed E-state index contributed by atoms with van der Waals surface area (Å²) in [5, 5.41) is 0. The van der Waals surface area contributed by atoms with Crippen molar-refractivity contribution in [3.8, 4) is 11.5 Å². The number of aromatic amines is 1. The van der Waals surface area contributed by atoms with Gasteiger partial charge >= 0.3 is 5.97 Å². The second kappa shape index (κ2) is 10.3. The molecule has 1 aliphatic rings. The number of carbonyl (C=O) groups excluding carboxylic acids is 1. The standard InChI is InChI=1S/C25H29N3O4/c1-30-22-17-18(9-11-21(22)32-16-15-28-13-4-3-5-14-28)10-12-23-26-20-8-6-7-19(24(20)27-23)25(29)31-2/h6-12,17H,3-5,13-16H2,1-2H3,(H,26,27)/b12-10+. The maximum absolute atomic E-state index is 12.0. The van der Waals surface area contributed by atoms with Gasteiger partial charge in [0.2, 0.25) is 0 Å². The quantitative estimate of drug-likeness (QED) is 0.529. The number of likely N-dealkylation sites (tertiary alicyclic amines) is 1. The number of methoxy groups -OCH3 is 2. The van der Waals surface area contributed by atoms with Crippen LogP contribution in [0.4, 0.5) is 0 Å². The Morgan fingerprint density at radius 2 is 1.94 bits per heavy atom. The van der Waals surface area contributed by atoms with E-state index in [4.69, 9.17) is 14.2 Å². The Morgan fingerprint density at radius 1 is 1.09 bits per heavy atom. The van der Waals surface area contributed by atoms with E-state index in [0.29, 0.717) is 29.3 Å². The van der Waals surface area contributed by atoms with Gasteiger partial charge in [0.25, 0.3) is 0 Å². The Hall–Kier alpha value is -3.32. The number of carbonyl (C=O) groups is 1. The van der Waals surface area contributed by atoms with E-state index in [1.54, 1.807) is 19.2 Å². The van der Waals surface area contributed by atoms with Gasteiger partial charge in [0.15, 0.2) is 11.5 Å². The molecular formula is C25H29N3O4. The third kappa shape index (κ3) is 5.11. The predicted molar refractivity (Wildman–Crippen MR) is 125 cm³/mol. The van der Waals surface area contributed by atoms with Crippen LogP contribution in [-0.2, 0) is 4.74 Å². The SMILES string of the molecule is COC(=O)c1cccc2[nH]c(/C=C/c3ccc(OCCN4CCCCC4)c(OC)c3)nc12. The number of hydrogen-bond donors (Lipinski definition) is 1. The summed E-state index contributed by atoms with van der Waals surface area (Å²) in [5.41, 5.74) is 2.77. The molecule has 1 aromatic heterocycles. The van der Waals surface area contributed by atoms with Crippen molar-refractivity contribution in [3.63, 3.8) is 0 Å². The molecular weight excluding hydrogens is 406 g/mol. The monoisotopic (exact) mass is 435 g/mol. The van der Waals surface area contributed by atoms with E-state index in [1.807, 2.05) is 36.4 Å². The lowest BCUT2D eigenvalue weighted by molar-refractivity contribution is 0.0603. The Labute approximate surface area is 188 Å². The molecule has 0 atom stereocenters. The molecule has 7 nitrogen and oxygen atoms in total. The van der Waals surface area contributed by atoms with Gasteiger partial charge in [-0.3, -0.25) is 4.90 Å². The Bertz CT molecular complexity index is 1100. The Kier molecular flexibility index (Phi) is 7.07. The molecule has 0 spiro atoms. The van der Waals surface area contributed by atoms with E-state index in [-0.39, 0.29) is 0 Å². The van der Waals surface area contributed by atoms with Gasteiger partial charge in [-0.1, -0.05) is 24.6 Å². The first-order valence-corrected chi connectivity index (χ1v) is 11.0. The number of esters is 1. The van der Waals surface area contributed by atoms with Crippen molar-refractivity contribution in [1.82, 2.24) is 14.9 Å². The number of imidazole rings is 1. The third-order valence-electron chi connectivity index (χ3n) is 5.67. The predicted octanol–water partition coefficient (Wildman–Crippen LogP) is 4.39. The van der Waals surface area contributed by atoms with Crippen molar-refractivity contribution in [2.24, 2.45) is 0 Å². The highest BCUT2D eigenvalue weighted by Crippen LogP contribution is 2.29. The van der Waals surface area contributed by atoms with Gasteiger partial charge in [0.05, 0.1) is 25.3 Å². The zero-order valence-corrected chi connectivity index (χ0v) is 18.6. The number of fused-ring (bicyclic) bond motifs is 1. The lowest BCUT2D eigenvalue weighted by Gasteiger charge is -2.26. The summed E-state index contributed by atoms with van der Waals surface area (Å²) in [7, 11) is 3.01. The second-order valence-electron chi connectivity index (χ2n) is 7.81. The van der Waals surface area contributed by atoms with Crippen LogP contribution in [0.5, 0.6) is 11.5 Å². The van der Waals surface area contributed by atoms with Crippen LogP contribution in [0.15, 0.2) is 36.4 Å². The van der Waals surface area contributed by atoms with Crippen LogP contribution in [0.25, 0.3) is 23.2 Å². The van der Waals surface area contributed by atoms with Crippen molar-refractivity contribution in [1.29, 1.82) is 0 Å². The number of hydrogen-bond acceptors (Lipinski definition) is 6. The summed E-state index contributed by atoms with van der Waals surface area (Å²) >= 11 is 0. The number of ether oxygens (including phenoxy) is 3. The van der Waals surface area contributed by atoms with E-state index in [1.165, 1.54) is 26.4 Å². The molecule has 0 amide bonds. The molecule has 1 aliphatic heterocycles. The molecule has 32 heavy (non-hydrogen) atoms. The van der Waals surface area contributed by atoms with E-state index < -0.39 is 5.97 Å². The highest BCUT2D eigenvalue weighted by Gasteiger charge is 2.13. The van der Waals surface area contributed by atoms with Gasteiger partial charge in [-0.05, 0) is 61.8 Å². The summed E-state index contributed by atoms with van der Waals surface area (Å²) in [6.07, 6.45) is 7.70. The van der Waals surface area contributed by atoms with E-state index in [9.17, 15) is 4.79 Å². The summed E-state index contributed by atoms with van der Waals surface area (Å²) < 4.78 is 16.4. The fourth-order valence-corrected chi connectivity index (χ4v) is 3.95. The number of piperidine rings is 1. The molecule has 0 saturated carbocycles. The van der Waals surface area contributed by atoms with Crippen LogP contribution >= 0.6 is 0 Å². The highest BCUT2D eigenvalue weighted by atomic mass is 16.5. The van der Waals surface area contributed by atoms with Crippen molar-refractivity contribution in [3.05, 3.63) is 53.3 Å². The van der Waals surface area contributed by atoms with Gasteiger partial charge in [-0.15, -0.1) is 0 Å². The first-order valence-electron chi connectivity index (χ1n) is 11.0. The first kappa shape index (κ1) is 21.9. The lowest BCUT2D eigenvalue weighted by Crippen LogP contribution is -2.33. The topological polar surface area (TPSA) is 76.7 Å². The van der Waals surface area contributed by atoms with Crippen molar-refractivity contribution < 1.29 is 19.0 Å². The number of nitrogens with zero attached hydrogens (tertiary/aromatic N) is 2. The molecule has 1 N–H and O–H groups in total. The van der Waals surface area contributed by atoms with Gasteiger partial charge in [-0.25, -0.2) is 9.78 Å². The fourth-order valence-electron chi connectivity index (χ4n) is 3.95. The zero-order valence-electron chi connectivity index (χ0n) is 18.6. The van der Waals surface area contributed by atoms with E-state index in [0.717, 1.165) is 36.5 Å². The maximum atomic E-state index is 12.0. The van der Waals surface area contributed by atoms with Gasteiger partial charge in [0, 0.05) is 6.54 Å². The number of rotatable bonds is 8. The third-order valence-corrected chi connectivity index (χ3v) is 5.67. The molecule has 2 aromatic carbocycles. The Morgan fingerprint density at radius 3 is 2.72 bits per heavy atom. The largest absolute Gasteiger partial charge is 0.493 e. The molecule has 3 aromatic rings. The summed E-state index contributed by atoms with van der Waals surface area (Å²) in [6, 6.07) is 11.2. The van der Waals surface area contributed by atoms with E-state index >= 15 is 0 Å². The zero-order chi connectivity index (χ0) is 22.3. The van der Waals surface area contributed by atoms with Crippen LogP contribution in [0.1, 0.15) is 41.0 Å². The summed E-state index contributed by atoms with van der Waals surface area (Å²) in [6.45, 7) is 3.90. The summed E-state index contributed by atoms with van der Waals surface area (Å²) in [5.74, 6) is 1.69. The molecule has 0 radical (unpaired) electrons. The fraction of sp³-hybridized carbons (Fsp3) is 0.360. The summed E-state index contributed by atoms with van der Waals surface area (Å²) in [4.78, 5) is 22.2. The van der Waals surface area contributed by atoms with E-state index in [2.05, 4.69) is 14.9 Å². The molecule has 1 fully saturated rings. The molecule has 2 heterocycles. The van der Waals surface area contributed by atoms with Crippen LogP contribution in [0.2, 0.25) is 0 Å². The molecule has 7 heteroatoms. The normalized spacial score (nSPS) is 14.7. The molecule has 168 valence electrons. The number of nitrogens with one attached hydrogen (secondary N) is 1. The van der Waals surface area contributed by atoms with Crippen LogP contribution in [-0.4, -0.2) is 61.3 Å². The highest BCUT2D eigenvalue weighted by molar-refractivity contribution is 6.02. The van der Waals surface area contributed by atoms with Crippen LogP contribution < -0.4 is 9.47 Å². The molecule has 0 unspecified atom stereocenters. The molecule has 4 rings (SSSR count). The minimum atomic E-state index is -0.404. The second-order valence-corrected chi connectivity index (χ2v) is 7.81. The number of H-pyrrole nitrogens is 1. The van der Waals surface area contributed by atoms with Gasteiger partial charge in [0.1, 0.15) is 17.9 Å². The smallest absolute Gasteiger partial charge is 0.340 e. The molecule has 0 aliphatic carbocycles.